The second kappa shape index (κ2) is 6.70. The van der Waals surface area contributed by atoms with Gasteiger partial charge in [0.15, 0.2) is 5.82 Å². The fourth-order valence-corrected chi connectivity index (χ4v) is 2.94. The molecular formula is C17H15FN6S. The summed E-state index contributed by atoms with van der Waals surface area (Å²) in [6.07, 6.45) is 1.50. The van der Waals surface area contributed by atoms with Crippen molar-refractivity contribution >= 4 is 40.4 Å². The Morgan fingerprint density at radius 2 is 2.00 bits per heavy atom. The molecule has 0 fully saturated rings. The van der Waals surface area contributed by atoms with E-state index in [4.69, 9.17) is 11.1 Å². The van der Waals surface area contributed by atoms with Gasteiger partial charge < -0.3 is 11.1 Å². The number of nitrogens with two attached hydrogens (primary N) is 1. The van der Waals surface area contributed by atoms with E-state index in [-0.39, 0.29) is 11.7 Å². The molecule has 0 spiro atoms. The number of nitrogen functional groups attached to an aromatic ring is 1. The summed E-state index contributed by atoms with van der Waals surface area (Å²) in [7, 11) is 0. The van der Waals surface area contributed by atoms with Crippen molar-refractivity contribution < 1.29 is 4.39 Å². The van der Waals surface area contributed by atoms with E-state index in [9.17, 15) is 4.39 Å². The molecule has 2 heterocycles. The molecule has 6 nitrogen and oxygen atoms in total. The Labute approximate surface area is 147 Å². The highest BCUT2D eigenvalue weighted by Gasteiger charge is 2.16. The highest BCUT2D eigenvalue weighted by Crippen LogP contribution is 2.26. The lowest BCUT2D eigenvalue weighted by atomic mass is 10.2. The van der Waals surface area contributed by atoms with Crippen molar-refractivity contribution in [3.63, 3.8) is 0 Å². The van der Waals surface area contributed by atoms with Crippen LogP contribution in [-0.4, -0.2) is 22.3 Å². The van der Waals surface area contributed by atoms with Crippen molar-refractivity contribution in [3.05, 3.63) is 65.4 Å². The Kier molecular flexibility index (Phi) is 4.44. The van der Waals surface area contributed by atoms with Crippen LogP contribution in [0.25, 0.3) is 11.4 Å². The monoisotopic (exact) mass is 354 g/mol. The van der Waals surface area contributed by atoms with E-state index in [1.807, 2.05) is 6.07 Å². The number of hydrogen-bond donors (Lipinski definition) is 3. The number of aromatic nitrogens is 2. The first-order valence-electron chi connectivity index (χ1n) is 7.21. The molecule has 0 aliphatic carbocycles. The Bertz CT molecular complexity index is 954. The summed E-state index contributed by atoms with van der Waals surface area (Å²) in [6, 6.07) is 9.42. The first-order chi connectivity index (χ1) is 12.0. The topological polar surface area (TPSA) is 92.1 Å². The largest absolute Gasteiger partial charge is 0.391 e. The Balaban J connectivity index is 1.87. The molecule has 0 aliphatic rings. The molecule has 8 heteroatoms. The molecule has 0 bridgehead atoms. The van der Waals surface area contributed by atoms with E-state index in [1.54, 1.807) is 18.2 Å². The number of nitrogens with one attached hydrogen (secondary N) is 2. The van der Waals surface area contributed by atoms with Gasteiger partial charge in [0.25, 0.3) is 0 Å². The summed E-state index contributed by atoms with van der Waals surface area (Å²) in [5.74, 6) is 0.112. The molecule has 0 saturated carbocycles. The second-order valence-corrected chi connectivity index (χ2v) is 6.22. The molecule has 1 aromatic carbocycles. The number of anilines is 1. The number of hydrogen-bond acceptors (Lipinski definition) is 5. The number of benzene rings is 1. The number of halogens is 1. The molecule has 3 aromatic rings. The predicted octanol–water partition coefficient (Wildman–Crippen LogP) is 3.57. The third-order valence-corrected chi connectivity index (χ3v) is 4.41. The van der Waals surface area contributed by atoms with Crippen LogP contribution in [0.1, 0.15) is 10.4 Å². The zero-order valence-corrected chi connectivity index (χ0v) is 14.0. The van der Waals surface area contributed by atoms with Gasteiger partial charge in [0, 0.05) is 5.70 Å². The summed E-state index contributed by atoms with van der Waals surface area (Å²) in [5, 5.41) is 16.1. The van der Waals surface area contributed by atoms with Gasteiger partial charge in [0.2, 0.25) is 0 Å². The predicted molar refractivity (Wildman–Crippen MR) is 100 cm³/mol. The quantitative estimate of drug-likeness (QED) is 0.483. The Morgan fingerprint density at radius 3 is 2.60 bits per heavy atom. The van der Waals surface area contributed by atoms with E-state index in [1.165, 1.54) is 34.3 Å². The lowest BCUT2D eigenvalue weighted by Crippen LogP contribution is -2.20. The molecule has 0 saturated heterocycles. The highest BCUT2D eigenvalue weighted by atomic mass is 32.1. The fourth-order valence-electron chi connectivity index (χ4n) is 2.24. The maximum absolute atomic E-state index is 13.1. The SMILES string of the molecule is C=Nc1c(C(=N)NC(=C)c2ccc(N)s2)cnn1-c1ccc(F)cc1. The van der Waals surface area contributed by atoms with Gasteiger partial charge in [0.1, 0.15) is 11.7 Å². The number of nitrogens with zero attached hydrogens (tertiary/aromatic N) is 3. The van der Waals surface area contributed by atoms with Gasteiger partial charge in [-0.15, -0.1) is 11.3 Å². The molecule has 0 unspecified atom stereocenters. The number of aliphatic imine (C=N–C) groups is 1. The van der Waals surface area contributed by atoms with Crippen LogP contribution in [0.5, 0.6) is 0 Å². The first kappa shape index (κ1) is 16.6. The van der Waals surface area contributed by atoms with Crippen LogP contribution in [0.2, 0.25) is 0 Å². The van der Waals surface area contributed by atoms with Gasteiger partial charge in [-0.1, -0.05) is 6.58 Å². The Morgan fingerprint density at radius 1 is 1.28 bits per heavy atom. The van der Waals surface area contributed by atoms with Crippen LogP contribution in [0, 0.1) is 11.2 Å². The summed E-state index contributed by atoms with van der Waals surface area (Å²) >= 11 is 1.37. The van der Waals surface area contributed by atoms with Crippen molar-refractivity contribution in [1.29, 1.82) is 5.41 Å². The van der Waals surface area contributed by atoms with Gasteiger partial charge in [0.05, 0.1) is 27.3 Å². The van der Waals surface area contributed by atoms with E-state index < -0.39 is 0 Å². The Hall–Kier alpha value is -3.26. The highest BCUT2D eigenvalue weighted by molar-refractivity contribution is 7.16. The third kappa shape index (κ3) is 3.33. The van der Waals surface area contributed by atoms with Crippen molar-refractivity contribution in [3.8, 4) is 5.69 Å². The van der Waals surface area contributed by atoms with Crippen molar-refractivity contribution in [2.45, 2.75) is 0 Å². The smallest absolute Gasteiger partial charge is 0.166 e. The molecule has 0 atom stereocenters. The molecule has 2 aromatic heterocycles. The van der Waals surface area contributed by atoms with E-state index in [2.05, 4.69) is 28.7 Å². The molecule has 3 rings (SSSR count). The summed E-state index contributed by atoms with van der Waals surface area (Å²) in [5.41, 5.74) is 7.33. The van der Waals surface area contributed by atoms with Crippen LogP contribution < -0.4 is 11.1 Å². The van der Waals surface area contributed by atoms with Crippen LogP contribution in [0.3, 0.4) is 0 Å². The van der Waals surface area contributed by atoms with Crippen LogP contribution in [-0.2, 0) is 0 Å². The van der Waals surface area contributed by atoms with Gasteiger partial charge in [-0.3, -0.25) is 5.41 Å². The zero-order valence-electron chi connectivity index (χ0n) is 13.2. The van der Waals surface area contributed by atoms with Crippen molar-refractivity contribution in [2.75, 3.05) is 5.73 Å². The van der Waals surface area contributed by atoms with Crippen LogP contribution >= 0.6 is 11.3 Å². The molecule has 4 N–H and O–H groups in total. The molecular weight excluding hydrogens is 339 g/mol. The minimum atomic E-state index is -0.342. The summed E-state index contributed by atoms with van der Waals surface area (Å²) in [4.78, 5) is 4.80. The number of amidine groups is 1. The summed E-state index contributed by atoms with van der Waals surface area (Å²) < 4.78 is 14.6. The molecule has 0 aliphatic heterocycles. The van der Waals surface area contributed by atoms with Crippen molar-refractivity contribution in [1.82, 2.24) is 15.1 Å². The number of thiophene rings is 1. The zero-order chi connectivity index (χ0) is 18.0. The van der Waals surface area contributed by atoms with Gasteiger partial charge in [-0.05, 0) is 43.1 Å². The third-order valence-electron chi connectivity index (χ3n) is 3.43. The average Bonchev–Trinajstić information content (AvgIpc) is 3.21. The maximum atomic E-state index is 13.1. The van der Waals surface area contributed by atoms with E-state index in [0.717, 1.165) is 4.88 Å². The normalized spacial score (nSPS) is 10.4. The lowest BCUT2D eigenvalue weighted by molar-refractivity contribution is 0.627. The minimum Gasteiger partial charge on any atom is -0.391 e. The number of rotatable bonds is 5. The van der Waals surface area contributed by atoms with E-state index >= 15 is 0 Å². The first-order valence-corrected chi connectivity index (χ1v) is 8.02. The second-order valence-electron chi connectivity index (χ2n) is 5.11. The van der Waals surface area contributed by atoms with Gasteiger partial charge >= 0.3 is 0 Å². The fraction of sp³-hybridized carbons (Fsp3) is 0. The lowest BCUT2D eigenvalue weighted by Gasteiger charge is -2.09. The molecule has 0 radical (unpaired) electrons. The summed E-state index contributed by atoms with van der Waals surface area (Å²) in [6.45, 7) is 7.47. The molecule has 126 valence electrons. The minimum absolute atomic E-state index is 0.0766. The average molecular weight is 354 g/mol. The molecule has 0 amide bonds. The maximum Gasteiger partial charge on any atom is 0.166 e. The van der Waals surface area contributed by atoms with Gasteiger partial charge in [-0.2, -0.15) is 5.10 Å². The standard InChI is InChI=1S/C17H15FN6S/c1-10(14-7-8-15(19)25-14)23-16(20)13-9-22-24(17(13)21-2)12-5-3-11(18)4-6-12/h3-9H,1-2,19H2,(H2,20,23). The van der Waals surface area contributed by atoms with Crippen molar-refractivity contribution in [2.24, 2.45) is 4.99 Å². The van der Waals surface area contributed by atoms with Crippen LogP contribution in [0.15, 0.2) is 54.2 Å². The van der Waals surface area contributed by atoms with Crippen LogP contribution in [0.4, 0.5) is 15.2 Å². The molecule has 25 heavy (non-hydrogen) atoms. The van der Waals surface area contributed by atoms with Gasteiger partial charge in [-0.25, -0.2) is 14.1 Å². The van der Waals surface area contributed by atoms with E-state index in [0.29, 0.717) is 27.8 Å².